The first-order chi connectivity index (χ1) is 9.11. The average molecular weight is 316 g/mol. The van der Waals surface area contributed by atoms with E-state index in [0.29, 0.717) is 10.6 Å². The Hall–Kier alpha value is -1.02. The highest BCUT2D eigenvalue weighted by atomic mass is 35.5. The topological polar surface area (TPSA) is 68.1 Å². The molecule has 0 aliphatic heterocycles. The van der Waals surface area contributed by atoms with Gasteiger partial charge in [0.15, 0.2) is 16.1 Å². The predicted octanol–water partition coefficient (Wildman–Crippen LogP) is 1.67. The zero-order valence-electron chi connectivity index (χ0n) is 9.75. The Morgan fingerprint density at radius 3 is 2.74 bits per heavy atom. The van der Waals surface area contributed by atoms with Gasteiger partial charge in [0.05, 0.1) is 6.20 Å². The van der Waals surface area contributed by atoms with Crippen molar-refractivity contribution >= 4 is 47.5 Å². The number of thioether (sulfide) groups is 1. The molecule has 0 aromatic carbocycles. The summed E-state index contributed by atoms with van der Waals surface area (Å²) in [6.07, 6.45) is 4.74. The molecule has 0 spiro atoms. The van der Waals surface area contributed by atoms with Gasteiger partial charge in [-0.3, -0.25) is 0 Å². The number of hydrogen-bond acceptors (Lipinski definition) is 6. The Bertz CT molecular complexity index is 590. The molecule has 2 heterocycles. The normalized spacial score (nSPS) is 10.3. The van der Waals surface area contributed by atoms with Crippen LogP contribution in [-0.2, 0) is 0 Å². The number of hydrogen-bond donors (Lipinski definition) is 1. The van der Waals surface area contributed by atoms with Gasteiger partial charge in [0, 0.05) is 11.7 Å². The molecule has 98 valence electrons. The first-order valence-electron chi connectivity index (χ1n) is 5.13. The maximum absolute atomic E-state index is 9.94. The van der Waals surface area contributed by atoms with E-state index >= 15 is 0 Å². The van der Waals surface area contributed by atoms with E-state index in [1.165, 1.54) is 24.2 Å². The number of rotatable bonds is 4. The van der Waals surface area contributed by atoms with E-state index in [4.69, 9.17) is 27.9 Å². The van der Waals surface area contributed by atoms with Crippen LogP contribution in [0.3, 0.4) is 0 Å². The molecule has 0 radical (unpaired) electrons. The molecule has 0 fully saturated rings. The van der Waals surface area contributed by atoms with Gasteiger partial charge in [0.2, 0.25) is 0 Å². The maximum atomic E-state index is 9.94. The van der Waals surface area contributed by atoms with Gasteiger partial charge in [-0.1, -0.05) is 41.0 Å². The lowest BCUT2D eigenvalue weighted by molar-refractivity contribution is 0.429. The molecule has 1 N–H and O–H groups in total. The minimum atomic E-state index is -1.29. The summed E-state index contributed by atoms with van der Waals surface area (Å²) in [5.74, 6) is 0.173. The van der Waals surface area contributed by atoms with Crippen molar-refractivity contribution in [3.63, 3.8) is 0 Å². The summed E-state index contributed by atoms with van der Waals surface area (Å²) in [6, 6.07) is 3.24. The van der Waals surface area contributed by atoms with Crippen LogP contribution in [0.15, 0.2) is 29.7 Å². The summed E-state index contributed by atoms with van der Waals surface area (Å²) < 4.78 is 5.28. The van der Waals surface area contributed by atoms with Crippen molar-refractivity contribution in [2.75, 3.05) is 6.26 Å². The molecule has 2 aromatic rings. The third kappa shape index (κ3) is 3.51. The number of nitrogens with zero attached hydrogens (tertiary/aromatic N) is 3. The highest BCUT2D eigenvalue weighted by Crippen LogP contribution is 2.23. The van der Waals surface area contributed by atoms with Gasteiger partial charge in [-0.2, -0.15) is 0 Å². The van der Waals surface area contributed by atoms with Crippen molar-refractivity contribution in [1.82, 2.24) is 15.0 Å². The van der Waals surface area contributed by atoms with Crippen molar-refractivity contribution in [2.45, 2.75) is 5.16 Å². The van der Waals surface area contributed by atoms with Crippen LogP contribution < -0.4 is 10.1 Å². The quantitative estimate of drug-likeness (QED) is 0.304. The van der Waals surface area contributed by atoms with Crippen molar-refractivity contribution in [3.8, 4) is 5.75 Å². The van der Waals surface area contributed by atoms with Crippen molar-refractivity contribution < 1.29 is 9.68 Å². The van der Waals surface area contributed by atoms with Gasteiger partial charge in [0.25, 0.3) is 0 Å². The van der Waals surface area contributed by atoms with Gasteiger partial charge >= 0.3 is 7.12 Å². The molecule has 0 bridgehead atoms. The monoisotopic (exact) mass is 315 g/mol. The first kappa shape index (κ1) is 14.4. The molecule has 0 saturated carbocycles. The predicted molar refractivity (Wildman–Crippen MR) is 76.3 cm³/mol. The molecule has 0 atom stereocenters. The van der Waals surface area contributed by atoms with E-state index in [-0.39, 0.29) is 16.1 Å². The minimum absolute atomic E-state index is 0.124. The zero-order chi connectivity index (χ0) is 13.8. The molecular weight excluding hydrogens is 308 g/mol. The first-order valence-corrected chi connectivity index (χ1v) is 7.11. The van der Waals surface area contributed by atoms with Crippen LogP contribution in [0.4, 0.5) is 0 Å². The second-order valence-corrected chi connectivity index (χ2v) is 4.85. The number of aromatic nitrogens is 3. The van der Waals surface area contributed by atoms with Crippen LogP contribution in [0.2, 0.25) is 10.3 Å². The summed E-state index contributed by atoms with van der Waals surface area (Å²) in [7, 11) is -1.29. The van der Waals surface area contributed by atoms with Crippen LogP contribution in [0, 0.1) is 0 Å². The standard InChI is InChI=1S/C10H8BCl2N3O2S/c1-19-10-15-5-7(9(13)16-10)18-11(17)6-3-2-4-14-8(6)12/h2-5,17H,1H3. The van der Waals surface area contributed by atoms with Gasteiger partial charge in [-0.15, -0.1) is 0 Å². The second-order valence-electron chi connectivity index (χ2n) is 3.37. The van der Waals surface area contributed by atoms with E-state index in [1.807, 2.05) is 6.26 Å². The molecule has 0 saturated heterocycles. The van der Waals surface area contributed by atoms with Gasteiger partial charge in [-0.25, -0.2) is 15.0 Å². The smallest absolute Gasteiger partial charge is 0.529 e. The van der Waals surface area contributed by atoms with E-state index in [9.17, 15) is 5.02 Å². The molecule has 0 aliphatic rings. The summed E-state index contributed by atoms with van der Waals surface area (Å²) in [4.78, 5) is 11.9. The third-order valence-electron chi connectivity index (χ3n) is 2.16. The molecule has 0 unspecified atom stereocenters. The molecule has 9 heteroatoms. The molecule has 5 nitrogen and oxygen atoms in total. The van der Waals surface area contributed by atoms with Crippen LogP contribution in [-0.4, -0.2) is 33.4 Å². The van der Waals surface area contributed by atoms with Crippen molar-refractivity contribution in [1.29, 1.82) is 0 Å². The largest absolute Gasteiger partial charge is 0.563 e. The number of pyridine rings is 1. The van der Waals surface area contributed by atoms with E-state index in [1.54, 1.807) is 12.1 Å². The molecule has 2 aromatic heterocycles. The van der Waals surface area contributed by atoms with Crippen LogP contribution in [0.5, 0.6) is 5.75 Å². The summed E-state index contributed by atoms with van der Waals surface area (Å²) in [6.45, 7) is 0. The Kier molecular flexibility index (Phi) is 4.87. The maximum Gasteiger partial charge on any atom is 0.563 e. The van der Waals surface area contributed by atoms with Crippen molar-refractivity contribution in [2.24, 2.45) is 0 Å². The van der Waals surface area contributed by atoms with Gasteiger partial charge in [0.1, 0.15) is 5.15 Å². The van der Waals surface area contributed by atoms with E-state index in [2.05, 4.69) is 15.0 Å². The highest BCUT2D eigenvalue weighted by molar-refractivity contribution is 7.98. The number of halogens is 2. The average Bonchev–Trinajstić information content (AvgIpc) is 2.41. The second kappa shape index (κ2) is 6.43. The fourth-order valence-electron chi connectivity index (χ4n) is 1.28. The van der Waals surface area contributed by atoms with Gasteiger partial charge in [-0.05, 0) is 12.3 Å². The SMILES string of the molecule is CSc1ncc(OB(O)c2cccnc2Cl)c(Cl)n1. The Morgan fingerprint density at radius 1 is 1.32 bits per heavy atom. The molecule has 0 amide bonds. The Morgan fingerprint density at radius 2 is 2.11 bits per heavy atom. The molecule has 0 aliphatic carbocycles. The zero-order valence-corrected chi connectivity index (χ0v) is 12.1. The van der Waals surface area contributed by atoms with Crippen molar-refractivity contribution in [3.05, 3.63) is 34.8 Å². The van der Waals surface area contributed by atoms with Crippen LogP contribution in [0.25, 0.3) is 0 Å². The fraction of sp³-hybridized carbons (Fsp3) is 0.100. The Balaban J connectivity index is 2.19. The third-order valence-corrected chi connectivity index (χ3v) is 3.31. The summed E-state index contributed by atoms with van der Waals surface area (Å²) in [5, 5.41) is 10.7. The van der Waals surface area contributed by atoms with Gasteiger partial charge < -0.3 is 9.68 Å². The minimum Gasteiger partial charge on any atom is -0.529 e. The van der Waals surface area contributed by atoms with E-state index < -0.39 is 7.12 Å². The fourth-order valence-corrected chi connectivity index (χ4v) is 2.06. The van der Waals surface area contributed by atoms with E-state index in [0.717, 1.165) is 0 Å². The Labute approximate surface area is 124 Å². The van der Waals surface area contributed by atoms with Crippen LogP contribution in [0.1, 0.15) is 0 Å². The summed E-state index contributed by atoms with van der Waals surface area (Å²) in [5.41, 5.74) is 0.342. The molecule has 19 heavy (non-hydrogen) atoms. The lowest BCUT2D eigenvalue weighted by atomic mass is 9.81. The summed E-state index contributed by atoms with van der Waals surface area (Å²) >= 11 is 13.1. The lowest BCUT2D eigenvalue weighted by Crippen LogP contribution is -2.37. The lowest BCUT2D eigenvalue weighted by Gasteiger charge is -2.11. The van der Waals surface area contributed by atoms with Crippen LogP contribution >= 0.6 is 35.0 Å². The molecular formula is C10H8BCl2N3O2S. The molecule has 2 rings (SSSR count). The highest BCUT2D eigenvalue weighted by Gasteiger charge is 2.24.